The molecule has 1 heterocycles. The summed E-state index contributed by atoms with van der Waals surface area (Å²) in [6.07, 6.45) is 0.644. The zero-order valence-electron chi connectivity index (χ0n) is 17.4. The zero-order valence-corrected chi connectivity index (χ0v) is 18.9. The minimum absolute atomic E-state index is 0.0546. The predicted octanol–water partition coefficient (Wildman–Crippen LogP) is 4.67. The lowest BCUT2D eigenvalue weighted by atomic mass is 10.1. The van der Waals surface area contributed by atoms with Crippen LogP contribution in [0.4, 0.5) is 5.69 Å². The van der Waals surface area contributed by atoms with E-state index in [4.69, 9.17) is 11.6 Å². The molecule has 0 fully saturated rings. The summed E-state index contributed by atoms with van der Waals surface area (Å²) in [7, 11) is -2.20. The lowest BCUT2D eigenvalue weighted by Gasteiger charge is -2.22. The summed E-state index contributed by atoms with van der Waals surface area (Å²) in [5.41, 5.74) is 4.05. The molecule has 0 aliphatic carbocycles. The molecule has 4 rings (SSSR count). The van der Waals surface area contributed by atoms with E-state index in [0.29, 0.717) is 25.2 Å². The van der Waals surface area contributed by atoms with E-state index in [2.05, 4.69) is 0 Å². The van der Waals surface area contributed by atoms with Crippen molar-refractivity contribution in [2.24, 2.45) is 0 Å². The number of carbonyl (C=O) groups is 1. The molecule has 160 valence electrons. The van der Waals surface area contributed by atoms with E-state index in [1.165, 1.54) is 16.4 Å². The van der Waals surface area contributed by atoms with Crippen molar-refractivity contribution in [1.29, 1.82) is 0 Å². The van der Waals surface area contributed by atoms with Crippen LogP contribution in [-0.4, -0.2) is 32.8 Å². The number of para-hydroxylation sites is 1. The standard InChI is InChI=1S/C24H23ClN2O3S/c1-17-7-3-4-9-20(17)16-26(2)24(28)19-11-12-21(25)23(15-19)31(29,30)27-14-13-18-8-5-6-10-22(18)27/h3-12,15H,13-14,16H2,1-2H3. The molecule has 1 amide bonds. The van der Waals surface area contributed by atoms with Crippen LogP contribution in [0.2, 0.25) is 5.02 Å². The van der Waals surface area contributed by atoms with Gasteiger partial charge in [-0.3, -0.25) is 9.10 Å². The predicted molar refractivity (Wildman–Crippen MR) is 123 cm³/mol. The maximum absolute atomic E-state index is 13.4. The quantitative estimate of drug-likeness (QED) is 0.562. The number of carbonyl (C=O) groups excluding carboxylic acids is 1. The third-order valence-electron chi connectivity index (χ3n) is 5.61. The minimum atomic E-state index is -3.90. The van der Waals surface area contributed by atoms with Crippen LogP contribution in [0.25, 0.3) is 0 Å². The van der Waals surface area contributed by atoms with Crippen molar-refractivity contribution >= 4 is 33.2 Å². The molecule has 1 aliphatic heterocycles. The summed E-state index contributed by atoms with van der Waals surface area (Å²) in [6, 6.07) is 19.7. The lowest BCUT2D eigenvalue weighted by molar-refractivity contribution is 0.0784. The Kier molecular flexibility index (Phi) is 5.77. The first-order valence-corrected chi connectivity index (χ1v) is 11.8. The average Bonchev–Trinajstić information content (AvgIpc) is 3.20. The molecular weight excluding hydrogens is 432 g/mol. The molecule has 0 aromatic heterocycles. The van der Waals surface area contributed by atoms with Gasteiger partial charge in [0.1, 0.15) is 4.90 Å². The molecule has 3 aromatic carbocycles. The summed E-state index contributed by atoms with van der Waals surface area (Å²) in [6.45, 7) is 2.77. The number of benzene rings is 3. The molecule has 0 N–H and O–H groups in total. The Morgan fingerprint density at radius 1 is 1.06 bits per heavy atom. The maximum Gasteiger partial charge on any atom is 0.265 e. The van der Waals surface area contributed by atoms with Crippen molar-refractivity contribution in [3.63, 3.8) is 0 Å². The Balaban J connectivity index is 1.64. The zero-order chi connectivity index (χ0) is 22.2. The second kappa shape index (κ2) is 8.36. The number of aryl methyl sites for hydroxylation is 1. The summed E-state index contributed by atoms with van der Waals surface area (Å²) >= 11 is 6.29. The van der Waals surface area contributed by atoms with Crippen molar-refractivity contribution in [2.45, 2.75) is 24.8 Å². The van der Waals surface area contributed by atoms with E-state index in [-0.39, 0.29) is 21.4 Å². The molecule has 1 aliphatic rings. The van der Waals surface area contributed by atoms with Crippen LogP contribution in [-0.2, 0) is 23.0 Å². The number of nitrogens with zero attached hydrogens (tertiary/aromatic N) is 2. The molecule has 0 bridgehead atoms. The normalized spacial score (nSPS) is 13.2. The van der Waals surface area contributed by atoms with Crippen LogP contribution >= 0.6 is 11.6 Å². The van der Waals surface area contributed by atoms with Gasteiger partial charge in [-0.15, -0.1) is 0 Å². The highest BCUT2D eigenvalue weighted by Gasteiger charge is 2.32. The first-order valence-electron chi connectivity index (χ1n) is 9.99. The van der Waals surface area contributed by atoms with E-state index in [1.807, 2.05) is 49.4 Å². The van der Waals surface area contributed by atoms with Crippen molar-refractivity contribution in [3.8, 4) is 0 Å². The monoisotopic (exact) mass is 454 g/mol. The van der Waals surface area contributed by atoms with E-state index in [9.17, 15) is 13.2 Å². The first kappa shape index (κ1) is 21.4. The molecule has 0 unspecified atom stereocenters. The fourth-order valence-corrected chi connectivity index (χ4v) is 5.85. The second-order valence-electron chi connectivity index (χ2n) is 7.69. The van der Waals surface area contributed by atoms with Crippen LogP contribution < -0.4 is 4.31 Å². The molecule has 0 saturated carbocycles. The highest BCUT2D eigenvalue weighted by atomic mass is 35.5. The fourth-order valence-electron chi connectivity index (χ4n) is 3.85. The third kappa shape index (κ3) is 4.05. The number of amides is 1. The molecule has 3 aromatic rings. The Morgan fingerprint density at radius 3 is 2.55 bits per heavy atom. The third-order valence-corrected chi connectivity index (χ3v) is 7.90. The highest BCUT2D eigenvalue weighted by Crippen LogP contribution is 2.35. The van der Waals surface area contributed by atoms with E-state index >= 15 is 0 Å². The van der Waals surface area contributed by atoms with Crippen LogP contribution in [0.1, 0.15) is 27.0 Å². The SMILES string of the molecule is Cc1ccccc1CN(C)C(=O)c1ccc(Cl)c(S(=O)(=O)N2CCc3ccccc32)c1. The number of hydrogen-bond donors (Lipinski definition) is 0. The minimum Gasteiger partial charge on any atom is -0.337 e. The second-order valence-corrected chi connectivity index (χ2v) is 9.93. The number of anilines is 1. The van der Waals surface area contributed by atoms with Gasteiger partial charge in [-0.25, -0.2) is 8.42 Å². The molecule has 0 radical (unpaired) electrons. The molecule has 7 heteroatoms. The van der Waals surface area contributed by atoms with Gasteiger partial charge in [-0.05, 0) is 54.3 Å². The molecule has 31 heavy (non-hydrogen) atoms. The van der Waals surface area contributed by atoms with Crippen molar-refractivity contribution < 1.29 is 13.2 Å². The van der Waals surface area contributed by atoms with Crippen molar-refractivity contribution in [1.82, 2.24) is 4.90 Å². The van der Waals surface area contributed by atoms with Crippen molar-refractivity contribution in [2.75, 3.05) is 17.9 Å². The molecule has 5 nitrogen and oxygen atoms in total. The fraction of sp³-hybridized carbons (Fsp3) is 0.208. The Labute approximate surface area is 187 Å². The van der Waals surface area contributed by atoms with Gasteiger partial charge in [0.25, 0.3) is 15.9 Å². The number of rotatable bonds is 5. The summed E-state index contributed by atoms with van der Waals surface area (Å²) in [5.74, 6) is -0.266. The van der Waals surface area contributed by atoms with Gasteiger partial charge in [-0.2, -0.15) is 0 Å². The number of halogens is 1. The molecular formula is C24H23ClN2O3S. The highest BCUT2D eigenvalue weighted by molar-refractivity contribution is 7.93. The van der Waals surface area contributed by atoms with Gasteiger partial charge in [-0.1, -0.05) is 54.1 Å². The van der Waals surface area contributed by atoms with Gasteiger partial charge in [0.2, 0.25) is 0 Å². The van der Waals surface area contributed by atoms with Crippen LogP contribution in [0.3, 0.4) is 0 Å². The van der Waals surface area contributed by atoms with Gasteiger partial charge < -0.3 is 4.90 Å². The van der Waals surface area contributed by atoms with Gasteiger partial charge in [0.15, 0.2) is 0 Å². The Bertz CT molecular complexity index is 1260. The Hall–Kier alpha value is -2.83. The van der Waals surface area contributed by atoms with Gasteiger partial charge in [0, 0.05) is 25.7 Å². The van der Waals surface area contributed by atoms with Crippen molar-refractivity contribution in [3.05, 3.63) is 94.0 Å². The summed E-state index contributed by atoms with van der Waals surface area (Å²) in [4.78, 5) is 14.6. The summed E-state index contributed by atoms with van der Waals surface area (Å²) in [5, 5.41) is 0.0995. The van der Waals surface area contributed by atoms with E-state index in [0.717, 1.165) is 16.7 Å². The van der Waals surface area contributed by atoms with Gasteiger partial charge >= 0.3 is 0 Å². The topological polar surface area (TPSA) is 57.7 Å². The van der Waals surface area contributed by atoms with Crippen LogP contribution in [0.15, 0.2) is 71.6 Å². The number of hydrogen-bond acceptors (Lipinski definition) is 3. The smallest absolute Gasteiger partial charge is 0.265 e. The number of sulfonamides is 1. The number of fused-ring (bicyclic) bond motifs is 1. The lowest BCUT2D eigenvalue weighted by Crippen LogP contribution is -2.30. The van der Waals surface area contributed by atoms with Crippen LogP contribution in [0, 0.1) is 6.92 Å². The Morgan fingerprint density at radius 2 is 1.77 bits per heavy atom. The molecule has 0 spiro atoms. The first-order chi connectivity index (χ1) is 14.8. The molecule has 0 saturated heterocycles. The summed E-state index contributed by atoms with van der Waals surface area (Å²) < 4.78 is 28.2. The van der Waals surface area contributed by atoms with E-state index in [1.54, 1.807) is 24.1 Å². The average molecular weight is 455 g/mol. The largest absolute Gasteiger partial charge is 0.337 e. The molecule has 0 atom stereocenters. The van der Waals surface area contributed by atoms with Gasteiger partial charge in [0.05, 0.1) is 10.7 Å². The van der Waals surface area contributed by atoms with Crippen LogP contribution in [0.5, 0.6) is 0 Å². The maximum atomic E-state index is 13.4. The van der Waals surface area contributed by atoms with E-state index < -0.39 is 10.0 Å².